The molecule has 3 N–H and O–H groups in total. The summed E-state index contributed by atoms with van der Waals surface area (Å²) in [5, 5.41) is 33.1. The molecule has 0 aliphatic carbocycles. The van der Waals surface area contributed by atoms with Crippen molar-refractivity contribution in [2.24, 2.45) is 5.41 Å². The second-order valence-corrected chi connectivity index (χ2v) is 10.9. The first kappa shape index (κ1) is 25.6. The van der Waals surface area contributed by atoms with Gasteiger partial charge in [-0.3, -0.25) is 9.58 Å². The average molecular weight is 504 g/mol. The third kappa shape index (κ3) is 4.78. The number of thiophene rings is 1. The van der Waals surface area contributed by atoms with E-state index in [0.717, 1.165) is 16.9 Å². The van der Waals surface area contributed by atoms with E-state index in [2.05, 4.69) is 16.9 Å². The highest BCUT2D eigenvalue weighted by Gasteiger charge is 2.48. The molecule has 2 aromatic heterocycles. The summed E-state index contributed by atoms with van der Waals surface area (Å²) in [6.45, 7) is 4.96. The van der Waals surface area contributed by atoms with Gasteiger partial charge in [-0.05, 0) is 31.7 Å². The van der Waals surface area contributed by atoms with Crippen molar-refractivity contribution in [2.75, 3.05) is 26.4 Å². The van der Waals surface area contributed by atoms with E-state index >= 15 is 0 Å². The fourth-order valence-electron chi connectivity index (χ4n) is 5.12. The molecule has 1 spiro atoms. The molecule has 0 amide bonds. The normalized spacial score (nSPS) is 24.1. The number of fused-ring (bicyclic) bond motifs is 2. The van der Waals surface area contributed by atoms with Crippen molar-refractivity contribution in [3.63, 3.8) is 0 Å². The maximum absolute atomic E-state index is 13.6. The lowest BCUT2D eigenvalue weighted by Gasteiger charge is -2.47. The molecule has 2 aromatic rings. The van der Waals surface area contributed by atoms with Crippen molar-refractivity contribution in [1.29, 1.82) is 0 Å². The summed E-state index contributed by atoms with van der Waals surface area (Å²) < 4.78 is 48.8. The third-order valence-corrected chi connectivity index (χ3v) is 8.61. The summed E-state index contributed by atoms with van der Waals surface area (Å²) in [6.07, 6.45) is 0.716. The van der Waals surface area contributed by atoms with E-state index in [9.17, 15) is 28.5 Å². The van der Waals surface area contributed by atoms with Gasteiger partial charge in [0, 0.05) is 46.7 Å². The van der Waals surface area contributed by atoms with Crippen LogP contribution in [0.4, 0.5) is 13.2 Å². The molecule has 34 heavy (non-hydrogen) atoms. The van der Waals surface area contributed by atoms with Crippen molar-refractivity contribution in [2.45, 2.75) is 70.6 Å². The number of piperidine rings is 1. The predicted molar refractivity (Wildman–Crippen MR) is 120 cm³/mol. The number of likely N-dealkylation sites (tertiary alicyclic amines) is 1. The molecule has 2 aliphatic rings. The van der Waals surface area contributed by atoms with Crippen LogP contribution in [0, 0.1) is 5.41 Å². The molecule has 0 aromatic carbocycles. The number of hydrogen-bond donors (Lipinski definition) is 3. The lowest BCUT2D eigenvalue weighted by atomic mass is 9.81. The van der Waals surface area contributed by atoms with Crippen LogP contribution in [-0.2, 0) is 42.6 Å². The average Bonchev–Trinajstić information content (AvgIpc) is 3.40. The monoisotopic (exact) mass is 503 g/mol. The standard InChI is InChI=1S/C23H32F3N3O4S/c1-15-7-22(19-17(3-6-33-22)18(11-30)20(34-19)23(24,25)26)4-5-28(15)9-16-8-27-29(10-16)12-21(2,13-31)14-32/h8,10,15,30-32H,3-7,9,11-14H2,1-2H3/t15-,22+/m0/s1. The van der Waals surface area contributed by atoms with Gasteiger partial charge in [-0.15, -0.1) is 11.3 Å². The number of hydrogen-bond acceptors (Lipinski definition) is 7. The van der Waals surface area contributed by atoms with Gasteiger partial charge in [0.25, 0.3) is 0 Å². The Hall–Kier alpha value is -1.50. The van der Waals surface area contributed by atoms with Gasteiger partial charge < -0.3 is 20.1 Å². The van der Waals surface area contributed by atoms with Crippen molar-refractivity contribution < 1.29 is 33.2 Å². The van der Waals surface area contributed by atoms with Gasteiger partial charge in [0.05, 0.1) is 39.2 Å². The third-order valence-electron chi connectivity index (χ3n) is 7.11. The van der Waals surface area contributed by atoms with E-state index in [0.29, 0.717) is 55.9 Å². The number of ether oxygens (including phenoxy) is 1. The van der Waals surface area contributed by atoms with Crippen LogP contribution >= 0.6 is 11.3 Å². The number of rotatable bonds is 7. The molecule has 11 heteroatoms. The van der Waals surface area contributed by atoms with Crippen LogP contribution < -0.4 is 0 Å². The summed E-state index contributed by atoms with van der Waals surface area (Å²) >= 11 is 0.736. The van der Waals surface area contributed by atoms with Gasteiger partial charge in [-0.1, -0.05) is 6.92 Å². The van der Waals surface area contributed by atoms with Crippen molar-refractivity contribution in [3.05, 3.63) is 38.8 Å². The minimum absolute atomic E-state index is 0.00966. The summed E-state index contributed by atoms with van der Waals surface area (Å²) in [7, 11) is 0. The molecule has 4 heterocycles. The molecule has 0 bridgehead atoms. The molecule has 2 atom stereocenters. The molecule has 0 unspecified atom stereocenters. The Morgan fingerprint density at radius 3 is 2.62 bits per heavy atom. The summed E-state index contributed by atoms with van der Waals surface area (Å²) in [5.74, 6) is 0. The number of alkyl halides is 3. The Morgan fingerprint density at radius 1 is 1.26 bits per heavy atom. The highest BCUT2D eigenvalue weighted by molar-refractivity contribution is 7.12. The second-order valence-electron chi connectivity index (χ2n) is 9.91. The Balaban J connectivity index is 1.49. The second kappa shape index (κ2) is 9.51. The number of aromatic nitrogens is 2. The van der Waals surface area contributed by atoms with Crippen LogP contribution in [0.2, 0.25) is 0 Å². The Bertz CT molecular complexity index is 1000. The predicted octanol–water partition coefficient (Wildman–Crippen LogP) is 2.90. The highest BCUT2D eigenvalue weighted by Crippen LogP contribution is 2.51. The van der Waals surface area contributed by atoms with Crippen LogP contribution in [0.25, 0.3) is 0 Å². The Labute approximate surface area is 200 Å². The molecule has 4 rings (SSSR count). The summed E-state index contributed by atoms with van der Waals surface area (Å²) in [6, 6.07) is 0.0669. The van der Waals surface area contributed by atoms with Crippen molar-refractivity contribution in [1.82, 2.24) is 14.7 Å². The van der Waals surface area contributed by atoms with Crippen LogP contribution in [0.5, 0.6) is 0 Å². The van der Waals surface area contributed by atoms with E-state index in [4.69, 9.17) is 4.74 Å². The SMILES string of the molecule is C[C@H]1C[C@@]2(CCN1Cc1cnn(CC(C)(CO)CO)c1)OCCc1c2sc(C(F)(F)F)c1CO. The zero-order chi connectivity index (χ0) is 24.7. The molecular formula is C23H32F3N3O4S. The first-order chi connectivity index (χ1) is 16.0. The molecule has 1 fully saturated rings. The number of aliphatic hydroxyl groups is 3. The van der Waals surface area contributed by atoms with Crippen LogP contribution in [0.1, 0.15) is 53.1 Å². The van der Waals surface area contributed by atoms with Crippen LogP contribution in [-0.4, -0.2) is 62.4 Å². The first-order valence-electron chi connectivity index (χ1n) is 11.5. The van der Waals surface area contributed by atoms with E-state index < -0.39 is 28.7 Å². The van der Waals surface area contributed by atoms with Gasteiger partial charge in [-0.25, -0.2) is 0 Å². The molecule has 0 saturated carbocycles. The van der Waals surface area contributed by atoms with Gasteiger partial charge in [-0.2, -0.15) is 18.3 Å². The zero-order valence-corrected chi connectivity index (χ0v) is 20.3. The van der Waals surface area contributed by atoms with Gasteiger partial charge in [0.1, 0.15) is 10.5 Å². The Kier molecular flexibility index (Phi) is 7.16. The van der Waals surface area contributed by atoms with Crippen LogP contribution in [0.15, 0.2) is 12.4 Å². The maximum Gasteiger partial charge on any atom is 0.425 e. The number of halogens is 3. The van der Waals surface area contributed by atoms with E-state index in [-0.39, 0.29) is 24.8 Å². The van der Waals surface area contributed by atoms with E-state index in [1.807, 2.05) is 6.20 Å². The molecular weight excluding hydrogens is 471 g/mol. The molecule has 1 saturated heterocycles. The maximum atomic E-state index is 13.6. The highest BCUT2D eigenvalue weighted by atomic mass is 32.1. The molecule has 0 radical (unpaired) electrons. The van der Waals surface area contributed by atoms with Gasteiger partial charge in [0.2, 0.25) is 0 Å². The quantitative estimate of drug-likeness (QED) is 0.538. The fraction of sp³-hybridized carbons (Fsp3) is 0.696. The van der Waals surface area contributed by atoms with Crippen molar-refractivity contribution in [3.8, 4) is 0 Å². The van der Waals surface area contributed by atoms with Crippen molar-refractivity contribution >= 4 is 11.3 Å². The smallest absolute Gasteiger partial charge is 0.396 e. The lowest BCUT2D eigenvalue weighted by molar-refractivity contribution is -0.135. The van der Waals surface area contributed by atoms with E-state index in [1.165, 1.54) is 0 Å². The lowest BCUT2D eigenvalue weighted by Crippen LogP contribution is -2.50. The largest absolute Gasteiger partial charge is 0.425 e. The Morgan fingerprint density at radius 2 is 2.00 bits per heavy atom. The van der Waals surface area contributed by atoms with Gasteiger partial charge in [0.15, 0.2) is 0 Å². The first-order valence-corrected chi connectivity index (χ1v) is 12.3. The van der Waals surface area contributed by atoms with Gasteiger partial charge >= 0.3 is 6.18 Å². The summed E-state index contributed by atoms with van der Waals surface area (Å²) in [5.41, 5.74) is 0.201. The van der Waals surface area contributed by atoms with Crippen LogP contribution in [0.3, 0.4) is 0 Å². The number of aliphatic hydroxyl groups excluding tert-OH is 3. The fourth-order valence-corrected chi connectivity index (χ4v) is 6.53. The molecule has 190 valence electrons. The topological polar surface area (TPSA) is 91.0 Å². The number of nitrogens with zero attached hydrogens (tertiary/aromatic N) is 3. The molecule has 7 nitrogen and oxygen atoms in total. The van der Waals surface area contributed by atoms with E-state index in [1.54, 1.807) is 17.8 Å². The minimum Gasteiger partial charge on any atom is -0.396 e. The minimum atomic E-state index is -4.49. The molecule has 2 aliphatic heterocycles. The summed E-state index contributed by atoms with van der Waals surface area (Å²) in [4.78, 5) is 2.19. The zero-order valence-electron chi connectivity index (χ0n) is 19.4.